The minimum Gasteiger partial charge on any atom is -0.476 e. The summed E-state index contributed by atoms with van der Waals surface area (Å²) in [4.78, 5) is 12.6. The molecule has 0 aliphatic carbocycles. The Bertz CT molecular complexity index is 1710. The van der Waals surface area contributed by atoms with E-state index < -0.39 is 0 Å². The fourth-order valence-electron chi connectivity index (χ4n) is 10.8. The van der Waals surface area contributed by atoms with Gasteiger partial charge >= 0.3 is 0 Å². The van der Waals surface area contributed by atoms with Crippen molar-refractivity contribution in [1.29, 1.82) is 0 Å². The second-order valence-electron chi connectivity index (χ2n) is 22.4. The summed E-state index contributed by atoms with van der Waals surface area (Å²) < 4.78 is 15.3. The van der Waals surface area contributed by atoms with E-state index in [2.05, 4.69) is 96.0 Å². The van der Waals surface area contributed by atoms with Gasteiger partial charge in [0, 0.05) is 9.75 Å². The number of rotatable bonds is 52. The van der Waals surface area contributed by atoms with Crippen LogP contribution in [0.1, 0.15) is 320 Å². The van der Waals surface area contributed by atoms with Crippen LogP contribution in [0, 0.1) is 11.8 Å². The average molecular weight is 1190 g/mol. The molecule has 0 spiro atoms. The van der Waals surface area contributed by atoms with E-state index in [0.717, 1.165) is 52.7 Å². The van der Waals surface area contributed by atoms with Crippen LogP contribution in [0.15, 0.2) is 31.8 Å². The molecule has 0 bridgehead atoms. The number of nitrogens with zero attached hydrogens (tertiary/aromatic N) is 2. The number of hydrogen-bond donors (Lipinski definition) is 0. The molecule has 0 aliphatic rings. The summed E-state index contributed by atoms with van der Waals surface area (Å²) in [5.74, 6) is 3.05. The summed E-state index contributed by atoms with van der Waals surface area (Å²) in [5.41, 5.74) is 0. The maximum absolute atomic E-state index is 6.56. The van der Waals surface area contributed by atoms with Gasteiger partial charge in [0.2, 0.25) is 11.8 Å². The summed E-state index contributed by atoms with van der Waals surface area (Å²) in [5, 5.41) is 1.49. The molecule has 4 nitrogen and oxygen atoms in total. The molecule has 8 heteroatoms. The van der Waals surface area contributed by atoms with Gasteiger partial charge in [-0.15, -0.1) is 22.7 Å². The van der Waals surface area contributed by atoms with Crippen molar-refractivity contribution < 1.29 is 9.47 Å². The third kappa shape index (κ3) is 35.3. The monoisotopic (exact) mass is 1190 g/mol. The van der Waals surface area contributed by atoms with Crippen LogP contribution >= 0.6 is 54.5 Å². The smallest absolute Gasteiger partial charge is 0.240 e. The third-order valence-corrected chi connectivity index (χ3v) is 18.6. The lowest BCUT2D eigenvalue weighted by atomic mass is 9.89. The SMILES string of the molecule is CCCCCCCCCCC(CCCCCCCC)CCCCCCCOc1n/c(=C/c2ccc(Br)s2)c(OCCCCCCCC(CCCCCCCC)CCCCCCCCCC)n/c1=C/c1ccc(Br)s1. The van der Waals surface area contributed by atoms with Crippen molar-refractivity contribution in [3.63, 3.8) is 0 Å². The molecule has 0 saturated carbocycles. The lowest BCUT2D eigenvalue weighted by Gasteiger charge is -2.17. The Labute approximate surface area is 482 Å². The Morgan fingerprint density at radius 1 is 0.351 bits per heavy atom. The van der Waals surface area contributed by atoms with E-state index in [9.17, 15) is 0 Å². The second-order valence-corrected chi connectivity index (χ2v) is 27.3. The van der Waals surface area contributed by atoms with Gasteiger partial charge in [0.05, 0.1) is 20.8 Å². The van der Waals surface area contributed by atoms with Crippen LogP contribution < -0.4 is 20.2 Å². The minimum atomic E-state index is 0.597. The quantitative estimate of drug-likeness (QED) is 0.0529. The van der Waals surface area contributed by atoms with E-state index in [-0.39, 0.29) is 0 Å². The van der Waals surface area contributed by atoms with E-state index in [1.165, 1.54) is 270 Å². The van der Waals surface area contributed by atoms with Crippen LogP contribution in [0.5, 0.6) is 11.8 Å². The van der Waals surface area contributed by atoms with Gasteiger partial charge in [-0.1, -0.05) is 297 Å². The fraction of sp³-hybridized carbons (Fsp3) is 0.788. The zero-order valence-electron chi connectivity index (χ0n) is 48.4. The van der Waals surface area contributed by atoms with Crippen LogP contribution in [0.25, 0.3) is 12.2 Å². The van der Waals surface area contributed by atoms with Crippen LogP contribution in [0.2, 0.25) is 0 Å². The second kappa shape index (κ2) is 47.8. The van der Waals surface area contributed by atoms with Crippen molar-refractivity contribution in [2.45, 2.75) is 310 Å². The van der Waals surface area contributed by atoms with Crippen molar-refractivity contribution in [3.05, 3.63) is 52.3 Å². The molecule has 3 aromatic heterocycles. The molecule has 0 aromatic carbocycles. The normalized spacial score (nSPS) is 13.1. The van der Waals surface area contributed by atoms with Crippen LogP contribution in [-0.4, -0.2) is 23.2 Å². The van der Waals surface area contributed by atoms with E-state index in [1.807, 2.05) is 0 Å². The molecule has 3 aromatic rings. The molecule has 3 rings (SSSR count). The minimum absolute atomic E-state index is 0.597. The topological polar surface area (TPSA) is 44.2 Å². The number of unbranched alkanes of at least 4 members (excludes halogenated alkanes) is 32. The van der Waals surface area contributed by atoms with E-state index in [1.54, 1.807) is 22.7 Å². The molecule has 0 aliphatic heterocycles. The highest BCUT2D eigenvalue weighted by atomic mass is 79.9. The van der Waals surface area contributed by atoms with Crippen molar-refractivity contribution in [3.8, 4) is 11.8 Å². The Hall–Kier alpha value is -1.22. The van der Waals surface area contributed by atoms with Crippen LogP contribution in [0.3, 0.4) is 0 Å². The number of thiophene rings is 2. The summed E-state index contributed by atoms with van der Waals surface area (Å²) in [6.45, 7) is 10.6. The zero-order valence-corrected chi connectivity index (χ0v) is 53.2. The number of hydrogen-bond acceptors (Lipinski definition) is 6. The molecule has 3 heterocycles. The van der Waals surface area contributed by atoms with E-state index in [4.69, 9.17) is 19.4 Å². The van der Waals surface area contributed by atoms with Gasteiger partial charge in [0.15, 0.2) is 0 Å². The number of halogens is 2. The Morgan fingerprint density at radius 3 is 0.838 bits per heavy atom. The summed E-state index contributed by atoms with van der Waals surface area (Å²) in [6, 6.07) is 8.45. The Kier molecular flexibility index (Phi) is 43.3. The molecule has 0 amide bonds. The van der Waals surface area contributed by atoms with Crippen LogP contribution in [-0.2, 0) is 0 Å². The highest BCUT2D eigenvalue weighted by molar-refractivity contribution is 9.11. The molecule has 2 atom stereocenters. The lowest BCUT2D eigenvalue weighted by molar-refractivity contribution is 0.271. The Morgan fingerprint density at radius 2 is 0.595 bits per heavy atom. The van der Waals surface area contributed by atoms with Gasteiger partial charge in [0.25, 0.3) is 0 Å². The molecule has 0 N–H and O–H groups in total. The molecule has 0 saturated heterocycles. The van der Waals surface area contributed by atoms with Crippen molar-refractivity contribution >= 4 is 66.7 Å². The Balaban J connectivity index is 1.52. The van der Waals surface area contributed by atoms with Gasteiger partial charge in [-0.3, -0.25) is 0 Å². The van der Waals surface area contributed by atoms with E-state index in [0.29, 0.717) is 25.0 Å². The van der Waals surface area contributed by atoms with Gasteiger partial charge in [-0.05, 0) is 93.0 Å². The highest BCUT2D eigenvalue weighted by Gasteiger charge is 2.13. The number of aromatic nitrogens is 2. The largest absolute Gasteiger partial charge is 0.476 e. The predicted molar refractivity (Wildman–Crippen MR) is 336 cm³/mol. The van der Waals surface area contributed by atoms with E-state index >= 15 is 0 Å². The highest BCUT2D eigenvalue weighted by Crippen LogP contribution is 2.28. The molecular formula is C66H112Br2N2O2S2. The molecule has 0 radical (unpaired) electrons. The zero-order chi connectivity index (χ0) is 52.8. The van der Waals surface area contributed by atoms with Crippen molar-refractivity contribution in [2.75, 3.05) is 13.2 Å². The first kappa shape index (κ1) is 67.1. The standard InChI is InChI=1S/C66H112Br2N2O2S2/c1-5-9-13-17-21-23-29-37-45-57(43-35-27-19-15-11-7-3)47-39-31-25-33-41-53-71-65-61(55-59-49-51-63(67)73-59)70-66(62(69-65)56-60-50-52-64(68)74-60)72-54-42-34-26-32-40-48-58(44-36-28-20-16-12-8-4)46-38-30-24-22-18-14-10-6-2/h49-52,55-58H,5-48,53-54H2,1-4H3/b61-55+,62-56+. The first-order chi connectivity index (χ1) is 36.4. The van der Waals surface area contributed by atoms with Gasteiger partial charge in [0.1, 0.15) is 10.7 Å². The number of ether oxygens (including phenoxy) is 2. The summed E-state index contributed by atoms with van der Waals surface area (Å²) in [6.07, 6.45) is 65.0. The first-order valence-corrected chi connectivity index (χ1v) is 35.0. The molecule has 424 valence electrons. The first-order valence-electron chi connectivity index (χ1n) is 31.8. The van der Waals surface area contributed by atoms with Gasteiger partial charge in [-0.25, -0.2) is 9.97 Å². The summed E-state index contributed by atoms with van der Waals surface area (Å²) in [7, 11) is 0. The maximum atomic E-state index is 6.56. The third-order valence-electron chi connectivity index (χ3n) is 15.5. The van der Waals surface area contributed by atoms with Crippen molar-refractivity contribution in [1.82, 2.24) is 9.97 Å². The average Bonchev–Trinajstić information content (AvgIpc) is 4.02. The lowest BCUT2D eigenvalue weighted by Crippen LogP contribution is -2.26. The molecule has 0 fully saturated rings. The molecule has 74 heavy (non-hydrogen) atoms. The van der Waals surface area contributed by atoms with Crippen LogP contribution in [0.4, 0.5) is 0 Å². The fourth-order valence-corrected chi connectivity index (χ4v) is 13.5. The molecular weight excluding hydrogens is 1080 g/mol. The molecule has 2 unspecified atom stereocenters. The van der Waals surface area contributed by atoms with Crippen molar-refractivity contribution in [2.24, 2.45) is 11.8 Å². The predicted octanol–water partition coefficient (Wildman–Crippen LogP) is 23.0. The van der Waals surface area contributed by atoms with Gasteiger partial charge < -0.3 is 9.47 Å². The summed E-state index contributed by atoms with van der Waals surface area (Å²) >= 11 is 10.7. The maximum Gasteiger partial charge on any atom is 0.240 e. The van der Waals surface area contributed by atoms with Gasteiger partial charge in [-0.2, -0.15) is 0 Å².